The monoisotopic (exact) mass is 433 g/mol. The first kappa shape index (κ1) is 22.3. The summed E-state index contributed by atoms with van der Waals surface area (Å²) in [6.45, 7) is 0. The van der Waals surface area contributed by atoms with Crippen molar-refractivity contribution in [2.45, 2.75) is 38.1 Å². The average Bonchev–Trinajstić information content (AvgIpc) is 2.73. The average molecular weight is 434 g/mol. The molecule has 0 atom stereocenters. The van der Waals surface area contributed by atoms with Gasteiger partial charge in [0.1, 0.15) is 17.1 Å². The van der Waals surface area contributed by atoms with Crippen molar-refractivity contribution in [3.05, 3.63) is 60.0 Å². The molecule has 1 heterocycles. The second kappa shape index (κ2) is 10.1. The Balaban J connectivity index is 0.000000461. The van der Waals surface area contributed by atoms with Crippen LogP contribution in [0.1, 0.15) is 32.1 Å². The first-order valence-electron chi connectivity index (χ1n) is 9.72. The van der Waals surface area contributed by atoms with Crippen LogP contribution in [0.15, 0.2) is 59.0 Å². The fourth-order valence-electron chi connectivity index (χ4n) is 3.62. The summed E-state index contributed by atoms with van der Waals surface area (Å²) in [5, 5.41) is 2.20. The lowest BCUT2D eigenvalue weighted by molar-refractivity contribution is -2.00. The second-order valence-corrected chi connectivity index (χ2v) is 7.87. The number of methoxy groups -OCH3 is 1. The third-order valence-corrected chi connectivity index (χ3v) is 5.00. The van der Waals surface area contributed by atoms with Gasteiger partial charge < -0.3 is 9.15 Å². The molecule has 0 unspecified atom stereocenters. The lowest BCUT2D eigenvalue weighted by Crippen LogP contribution is -2.83. The van der Waals surface area contributed by atoms with E-state index in [-0.39, 0.29) is 0 Å². The third-order valence-electron chi connectivity index (χ3n) is 5.00. The Hall–Kier alpha value is -2.42. The minimum Gasteiger partial charge on any atom is -0.497 e. The summed E-state index contributed by atoms with van der Waals surface area (Å²) >= 11 is 0. The molecule has 1 saturated carbocycles. The summed E-state index contributed by atoms with van der Waals surface area (Å²) in [5.41, 5.74) is 1.97. The van der Waals surface area contributed by atoms with Crippen LogP contribution in [-0.4, -0.2) is 13.2 Å². The Morgan fingerprint density at radius 2 is 1.60 bits per heavy atom. The van der Waals surface area contributed by atoms with E-state index in [2.05, 4.69) is 29.3 Å². The SMILES string of the molecule is COc1ccc2oc(-c3ccccc3)cc(=[NH+]C3CCCCC3)c2c1.[O-][Cl+3]([O-])([O-])[O-]. The van der Waals surface area contributed by atoms with E-state index in [1.165, 1.54) is 32.1 Å². The standard InChI is InChI=1S/C22H23NO2.ClHO4/c1-24-18-12-13-21-19(14-18)20(23-17-10-6-3-7-11-17)15-22(25-21)16-8-4-2-5-9-16;2-1(3,4)5/h2,4-5,8-9,12-15,17H,3,6-7,10-11H2,1H3;(H,2,3,4,5). The lowest BCUT2D eigenvalue weighted by atomic mass is 9.96. The van der Waals surface area contributed by atoms with E-state index in [9.17, 15) is 0 Å². The zero-order chi connectivity index (χ0) is 21.6. The molecule has 160 valence electrons. The minimum atomic E-state index is -4.94. The van der Waals surface area contributed by atoms with Crippen molar-refractivity contribution in [2.24, 2.45) is 0 Å². The van der Waals surface area contributed by atoms with Crippen molar-refractivity contribution < 1.29 is 43.0 Å². The molecule has 0 bridgehead atoms. The Labute approximate surface area is 176 Å². The summed E-state index contributed by atoms with van der Waals surface area (Å²) in [4.78, 5) is 3.77. The molecule has 0 spiro atoms. The van der Waals surface area contributed by atoms with Crippen LogP contribution in [0.25, 0.3) is 22.3 Å². The molecule has 1 aromatic heterocycles. The van der Waals surface area contributed by atoms with Gasteiger partial charge in [-0.15, -0.1) is 10.2 Å². The lowest BCUT2D eigenvalue weighted by Gasteiger charge is -2.17. The van der Waals surface area contributed by atoms with Crippen LogP contribution in [0.3, 0.4) is 0 Å². The molecule has 1 N–H and O–H groups in total. The summed E-state index contributed by atoms with van der Waals surface area (Å²) in [6.07, 6.45) is 6.44. The predicted octanol–water partition coefficient (Wildman–Crippen LogP) is -1.33. The summed E-state index contributed by atoms with van der Waals surface area (Å²) in [5.74, 6) is 1.73. The number of fused-ring (bicyclic) bond motifs is 1. The number of halogens is 1. The van der Waals surface area contributed by atoms with Gasteiger partial charge in [-0.1, -0.05) is 36.8 Å². The van der Waals surface area contributed by atoms with Crippen molar-refractivity contribution in [3.63, 3.8) is 0 Å². The molecule has 0 radical (unpaired) electrons. The molecule has 1 aliphatic rings. The van der Waals surface area contributed by atoms with Gasteiger partial charge in [0, 0.05) is 18.4 Å². The molecule has 8 heteroatoms. The van der Waals surface area contributed by atoms with Crippen LogP contribution in [-0.2, 0) is 0 Å². The molecule has 4 rings (SSSR count). The number of ether oxygens (including phenoxy) is 1. The molecule has 3 aromatic rings. The molecule has 2 aromatic carbocycles. The van der Waals surface area contributed by atoms with E-state index in [4.69, 9.17) is 27.8 Å². The molecular formula is C22H24ClNO6. The summed E-state index contributed by atoms with van der Waals surface area (Å²) < 4.78 is 45.6. The Kier molecular flexibility index (Phi) is 7.47. The van der Waals surface area contributed by atoms with Crippen molar-refractivity contribution in [2.75, 3.05) is 7.11 Å². The first-order valence-corrected chi connectivity index (χ1v) is 11.0. The quantitative estimate of drug-likeness (QED) is 0.544. The maximum Gasteiger partial charge on any atom is 0.213 e. The minimum absolute atomic E-state index is 0.536. The molecule has 30 heavy (non-hydrogen) atoms. The maximum absolute atomic E-state index is 8.49. The van der Waals surface area contributed by atoms with Crippen molar-refractivity contribution in [1.29, 1.82) is 0 Å². The van der Waals surface area contributed by atoms with E-state index in [0.717, 1.165) is 33.4 Å². The maximum atomic E-state index is 8.49. The first-order chi connectivity index (χ1) is 14.3. The fraction of sp³-hybridized carbons (Fsp3) is 0.318. The highest BCUT2D eigenvalue weighted by atomic mass is 35.7. The second-order valence-electron chi connectivity index (χ2n) is 7.11. The molecule has 0 aliphatic heterocycles. The van der Waals surface area contributed by atoms with E-state index in [1.807, 2.05) is 30.3 Å². The highest BCUT2D eigenvalue weighted by Gasteiger charge is 2.18. The number of hydrogen-bond donors (Lipinski definition) is 1. The number of hydrogen-bond acceptors (Lipinski definition) is 6. The van der Waals surface area contributed by atoms with Gasteiger partial charge in [-0.3, -0.25) is 0 Å². The van der Waals surface area contributed by atoms with Crippen LogP contribution in [0.2, 0.25) is 0 Å². The molecule has 0 saturated heterocycles. The van der Waals surface area contributed by atoms with E-state index in [1.54, 1.807) is 7.11 Å². The van der Waals surface area contributed by atoms with Gasteiger partial charge in [0.25, 0.3) is 0 Å². The van der Waals surface area contributed by atoms with E-state index < -0.39 is 10.2 Å². The highest BCUT2D eigenvalue weighted by Crippen LogP contribution is 2.24. The molecule has 0 amide bonds. The Morgan fingerprint density at radius 3 is 2.23 bits per heavy atom. The topological polar surface area (TPSA) is 129 Å². The largest absolute Gasteiger partial charge is 0.497 e. The van der Waals surface area contributed by atoms with E-state index >= 15 is 0 Å². The zero-order valence-electron chi connectivity index (χ0n) is 16.6. The van der Waals surface area contributed by atoms with Crippen LogP contribution < -0.4 is 33.7 Å². The van der Waals surface area contributed by atoms with Crippen LogP contribution in [0.5, 0.6) is 5.75 Å². The van der Waals surface area contributed by atoms with Gasteiger partial charge in [-0.2, -0.15) is 0 Å². The van der Waals surface area contributed by atoms with Gasteiger partial charge >= 0.3 is 0 Å². The highest BCUT2D eigenvalue weighted by molar-refractivity contribution is 5.79. The number of nitrogens with one attached hydrogen (secondary N) is 1. The summed E-state index contributed by atoms with van der Waals surface area (Å²) in [6, 6.07) is 18.9. The van der Waals surface area contributed by atoms with Gasteiger partial charge in [-0.05, 0) is 31.0 Å². The van der Waals surface area contributed by atoms with Crippen LogP contribution in [0.4, 0.5) is 0 Å². The molecular weight excluding hydrogens is 410 g/mol. The molecule has 1 fully saturated rings. The van der Waals surface area contributed by atoms with Crippen molar-refractivity contribution in [3.8, 4) is 17.1 Å². The Morgan fingerprint density at radius 1 is 0.933 bits per heavy atom. The number of rotatable bonds is 3. The summed E-state index contributed by atoms with van der Waals surface area (Å²) in [7, 11) is -3.25. The van der Waals surface area contributed by atoms with Gasteiger partial charge in [0.15, 0.2) is 6.04 Å². The van der Waals surface area contributed by atoms with Gasteiger partial charge in [0.05, 0.1) is 18.6 Å². The third kappa shape index (κ3) is 6.55. The fourth-order valence-corrected chi connectivity index (χ4v) is 3.62. The molecule has 7 nitrogen and oxygen atoms in total. The van der Waals surface area contributed by atoms with Gasteiger partial charge in [0.2, 0.25) is 5.36 Å². The predicted molar refractivity (Wildman–Crippen MR) is 99.2 cm³/mol. The molecule has 1 aliphatic carbocycles. The zero-order valence-corrected chi connectivity index (χ0v) is 17.4. The van der Waals surface area contributed by atoms with Crippen LogP contribution >= 0.6 is 0 Å². The number of benzene rings is 2. The van der Waals surface area contributed by atoms with Crippen molar-refractivity contribution in [1.82, 2.24) is 0 Å². The Bertz CT molecular complexity index is 1020. The smallest absolute Gasteiger partial charge is 0.213 e. The van der Waals surface area contributed by atoms with E-state index in [0.29, 0.717) is 6.04 Å². The van der Waals surface area contributed by atoms with Gasteiger partial charge in [-0.25, -0.2) is 23.6 Å². The van der Waals surface area contributed by atoms with Crippen LogP contribution in [0, 0.1) is 10.2 Å². The normalized spacial score (nSPS) is 15.6. The van der Waals surface area contributed by atoms with Crippen molar-refractivity contribution >= 4 is 11.0 Å².